The Balaban J connectivity index is 1.79. The molecule has 0 bridgehead atoms. The van der Waals surface area contributed by atoms with Crippen LogP contribution in [0.5, 0.6) is 0 Å². The van der Waals surface area contributed by atoms with Crippen molar-refractivity contribution in [2.45, 2.75) is 6.42 Å². The Labute approximate surface area is 133 Å². The van der Waals surface area contributed by atoms with E-state index in [0.717, 1.165) is 16.9 Å². The third-order valence-corrected chi connectivity index (χ3v) is 3.79. The average molecular weight is 308 g/mol. The summed E-state index contributed by atoms with van der Waals surface area (Å²) in [6, 6.07) is 13.2. The van der Waals surface area contributed by atoms with Gasteiger partial charge in [-0.05, 0) is 35.9 Å². The second kappa shape index (κ2) is 6.44. The number of carbonyl (C=O) groups is 2. The van der Waals surface area contributed by atoms with Gasteiger partial charge in [-0.15, -0.1) is 0 Å². The smallest absolute Gasteiger partial charge is 0.308 e. The maximum atomic E-state index is 12.0. The van der Waals surface area contributed by atoms with E-state index in [1.807, 2.05) is 54.6 Å². The molecular formula is C18H16N2O3. The second-order valence-electron chi connectivity index (χ2n) is 5.43. The summed E-state index contributed by atoms with van der Waals surface area (Å²) in [5, 5.41) is 9.06. The number of nitrogens with zero attached hydrogens (tertiary/aromatic N) is 2. The zero-order valence-electron chi connectivity index (χ0n) is 12.4. The molecule has 1 amide bonds. The molecule has 1 saturated heterocycles. The monoisotopic (exact) mass is 308 g/mol. The molecule has 1 aromatic carbocycles. The minimum absolute atomic E-state index is 0.0589. The molecule has 23 heavy (non-hydrogen) atoms. The first-order valence-electron chi connectivity index (χ1n) is 7.36. The fourth-order valence-corrected chi connectivity index (χ4v) is 2.58. The van der Waals surface area contributed by atoms with E-state index in [1.54, 1.807) is 6.20 Å². The predicted molar refractivity (Wildman–Crippen MR) is 87.7 cm³/mol. The van der Waals surface area contributed by atoms with Gasteiger partial charge in [-0.25, -0.2) is 0 Å². The zero-order valence-corrected chi connectivity index (χ0v) is 12.4. The number of carbonyl (C=O) groups excluding carboxylic acids is 1. The standard InChI is InChI=1S/C18H16N2O3/c21-17-11-14(18(22)23)12-20(17)16-6-3-4-13(10-16)7-8-15-5-1-2-9-19-15/h1-10,14H,11-12H2,(H,22,23)/b8-7+/t14-/m1/s1. The molecule has 0 unspecified atom stereocenters. The van der Waals surface area contributed by atoms with E-state index in [0.29, 0.717) is 0 Å². The highest BCUT2D eigenvalue weighted by Gasteiger charge is 2.34. The topological polar surface area (TPSA) is 70.5 Å². The maximum absolute atomic E-state index is 12.0. The molecule has 1 aliphatic heterocycles. The van der Waals surface area contributed by atoms with Gasteiger partial charge in [0.15, 0.2) is 0 Å². The third kappa shape index (κ3) is 3.45. The largest absolute Gasteiger partial charge is 0.481 e. The van der Waals surface area contributed by atoms with E-state index in [1.165, 1.54) is 4.90 Å². The van der Waals surface area contributed by atoms with E-state index >= 15 is 0 Å². The number of aromatic nitrogens is 1. The van der Waals surface area contributed by atoms with Crippen LogP contribution in [0, 0.1) is 5.92 Å². The summed E-state index contributed by atoms with van der Waals surface area (Å²) in [5.41, 5.74) is 2.50. The van der Waals surface area contributed by atoms with Crippen LogP contribution in [0.1, 0.15) is 17.7 Å². The molecule has 5 heteroatoms. The lowest BCUT2D eigenvalue weighted by Gasteiger charge is -2.16. The van der Waals surface area contributed by atoms with Crippen LogP contribution in [-0.4, -0.2) is 28.5 Å². The molecule has 5 nitrogen and oxygen atoms in total. The number of hydrogen-bond acceptors (Lipinski definition) is 3. The Morgan fingerprint density at radius 2 is 2.09 bits per heavy atom. The number of hydrogen-bond donors (Lipinski definition) is 1. The highest BCUT2D eigenvalue weighted by atomic mass is 16.4. The lowest BCUT2D eigenvalue weighted by molar-refractivity contribution is -0.141. The lowest BCUT2D eigenvalue weighted by Crippen LogP contribution is -2.25. The van der Waals surface area contributed by atoms with Crippen LogP contribution < -0.4 is 4.90 Å². The van der Waals surface area contributed by atoms with Crippen LogP contribution in [0.2, 0.25) is 0 Å². The molecule has 0 spiro atoms. The summed E-state index contributed by atoms with van der Waals surface area (Å²) in [6.45, 7) is 0.224. The molecule has 3 rings (SSSR count). The van der Waals surface area contributed by atoms with Crippen LogP contribution in [0.25, 0.3) is 12.2 Å². The van der Waals surface area contributed by atoms with Gasteiger partial charge in [0.1, 0.15) is 0 Å². The number of carboxylic acids is 1. The van der Waals surface area contributed by atoms with E-state index in [-0.39, 0.29) is 18.9 Å². The fraction of sp³-hybridized carbons (Fsp3) is 0.167. The van der Waals surface area contributed by atoms with Gasteiger partial charge in [0.2, 0.25) is 5.91 Å². The normalized spacial score (nSPS) is 17.8. The number of carboxylic acid groups (broad SMARTS) is 1. The summed E-state index contributed by atoms with van der Waals surface area (Å²) < 4.78 is 0. The van der Waals surface area contributed by atoms with Gasteiger partial charge in [0.25, 0.3) is 0 Å². The van der Waals surface area contributed by atoms with Crippen molar-refractivity contribution in [3.63, 3.8) is 0 Å². The summed E-state index contributed by atoms with van der Waals surface area (Å²) in [5.74, 6) is -1.70. The van der Waals surface area contributed by atoms with Crippen molar-refractivity contribution in [2.24, 2.45) is 5.92 Å². The first-order valence-corrected chi connectivity index (χ1v) is 7.36. The van der Waals surface area contributed by atoms with Gasteiger partial charge in [-0.1, -0.05) is 24.3 Å². The molecule has 1 N–H and O–H groups in total. The Kier molecular flexibility index (Phi) is 4.19. The van der Waals surface area contributed by atoms with Crippen LogP contribution in [0.4, 0.5) is 5.69 Å². The van der Waals surface area contributed by atoms with Gasteiger partial charge < -0.3 is 10.0 Å². The third-order valence-electron chi connectivity index (χ3n) is 3.79. The second-order valence-corrected chi connectivity index (χ2v) is 5.43. The van der Waals surface area contributed by atoms with Crippen molar-refractivity contribution in [1.82, 2.24) is 4.98 Å². The van der Waals surface area contributed by atoms with Crippen molar-refractivity contribution in [3.05, 3.63) is 59.9 Å². The molecule has 1 aromatic heterocycles. The highest BCUT2D eigenvalue weighted by Crippen LogP contribution is 2.26. The van der Waals surface area contributed by atoms with Gasteiger partial charge in [0, 0.05) is 24.8 Å². The van der Waals surface area contributed by atoms with E-state index < -0.39 is 11.9 Å². The van der Waals surface area contributed by atoms with Crippen molar-refractivity contribution in [2.75, 3.05) is 11.4 Å². The zero-order chi connectivity index (χ0) is 16.2. The van der Waals surface area contributed by atoms with E-state index in [9.17, 15) is 9.59 Å². The van der Waals surface area contributed by atoms with E-state index in [4.69, 9.17) is 5.11 Å². The van der Waals surface area contributed by atoms with E-state index in [2.05, 4.69) is 4.98 Å². The average Bonchev–Trinajstić information content (AvgIpc) is 2.96. The fourth-order valence-electron chi connectivity index (χ4n) is 2.58. The molecule has 2 aromatic rings. The number of amides is 1. The molecule has 2 heterocycles. The first-order chi connectivity index (χ1) is 11.1. The van der Waals surface area contributed by atoms with Crippen molar-refractivity contribution < 1.29 is 14.7 Å². The van der Waals surface area contributed by atoms with Gasteiger partial charge in [-0.3, -0.25) is 14.6 Å². The Bertz CT molecular complexity index is 756. The summed E-state index contributed by atoms with van der Waals surface area (Å²) >= 11 is 0. The van der Waals surface area contributed by atoms with Crippen molar-refractivity contribution in [3.8, 4) is 0 Å². The van der Waals surface area contributed by atoms with Gasteiger partial charge in [0.05, 0.1) is 11.6 Å². The summed E-state index contributed by atoms with van der Waals surface area (Å²) in [7, 11) is 0. The Morgan fingerprint density at radius 3 is 2.78 bits per heavy atom. The molecule has 1 atom stereocenters. The van der Waals surface area contributed by atoms with Crippen LogP contribution in [0.3, 0.4) is 0 Å². The van der Waals surface area contributed by atoms with Crippen LogP contribution >= 0.6 is 0 Å². The Morgan fingerprint density at radius 1 is 1.22 bits per heavy atom. The van der Waals surface area contributed by atoms with Gasteiger partial charge >= 0.3 is 5.97 Å². The number of rotatable bonds is 4. The van der Waals surface area contributed by atoms with Crippen molar-refractivity contribution >= 4 is 29.7 Å². The maximum Gasteiger partial charge on any atom is 0.308 e. The SMILES string of the molecule is O=C(O)[C@@H]1CC(=O)N(c2cccc(/C=C/c3ccccn3)c2)C1. The number of benzene rings is 1. The first kappa shape index (κ1) is 15.0. The molecule has 116 valence electrons. The Hall–Kier alpha value is -2.95. The van der Waals surface area contributed by atoms with Gasteiger partial charge in [-0.2, -0.15) is 0 Å². The van der Waals surface area contributed by atoms with Crippen molar-refractivity contribution in [1.29, 1.82) is 0 Å². The molecule has 0 aliphatic carbocycles. The molecule has 1 fully saturated rings. The highest BCUT2D eigenvalue weighted by molar-refractivity contribution is 5.99. The van der Waals surface area contributed by atoms with Crippen LogP contribution in [-0.2, 0) is 9.59 Å². The predicted octanol–water partition coefficient (Wildman–Crippen LogP) is 2.69. The molecule has 1 aliphatic rings. The lowest BCUT2D eigenvalue weighted by atomic mass is 10.1. The quantitative estimate of drug-likeness (QED) is 0.942. The summed E-state index contributed by atoms with van der Waals surface area (Å²) in [6.07, 6.45) is 5.60. The number of anilines is 1. The van der Waals surface area contributed by atoms with Crippen LogP contribution in [0.15, 0.2) is 48.7 Å². The number of aliphatic carboxylic acids is 1. The minimum Gasteiger partial charge on any atom is -0.481 e. The molecule has 0 saturated carbocycles. The minimum atomic E-state index is -0.924. The molecule has 0 radical (unpaired) electrons. The number of pyridine rings is 1. The summed E-state index contributed by atoms with van der Waals surface area (Å²) in [4.78, 5) is 28.8. The molecular weight excluding hydrogens is 292 g/mol.